The highest BCUT2D eigenvalue weighted by Gasteiger charge is 2.33. The summed E-state index contributed by atoms with van der Waals surface area (Å²) in [6.45, 7) is 1.58. The molecule has 2 aromatic rings. The molecule has 2 aliphatic rings. The van der Waals surface area contributed by atoms with E-state index in [0.717, 1.165) is 23.4 Å². The average Bonchev–Trinajstić information content (AvgIpc) is 3.00. The summed E-state index contributed by atoms with van der Waals surface area (Å²) in [5.74, 6) is -0.104. The lowest BCUT2D eigenvalue weighted by atomic mass is 9.95. The summed E-state index contributed by atoms with van der Waals surface area (Å²) in [7, 11) is -3.73. The first kappa shape index (κ1) is 21.1. The number of carbonyl (C=O) groups is 1. The fourth-order valence-corrected chi connectivity index (χ4v) is 5.55. The molecule has 2 aromatic carbocycles. The van der Waals surface area contributed by atoms with Crippen LogP contribution < -0.4 is 4.74 Å². The van der Waals surface area contributed by atoms with Crippen molar-refractivity contribution in [2.75, 3.05) is 32.8 Å². The maximum atomic E-state index is 13.1. The zero-order chi connectivity index (χ0) is 21.3. The number of nitrogens with zero attached hydrogens (tertiary/aromatic N) is 2. The summed E-state index contributed by atoms with van der Waals surface area (Å²) in [5, 5.41) is 0.599. The van der Waals surface area contributed by atoms with E-state index in [2.05, 4.69) is 0 Å². The molecule has 2 aliphatic heterocycles. The Kier molecular flexibility index (Phi) is 5.99. The Morgan fingerprint density at radius 3 is 2.60 bits per heavy atom. The minimum atomic E-state index is -3.73. The van der Waals surface area contributed by atoms with Crippen molar-refractivity contribution in [1.29, 1.82) is 0 Å². The third kappa shape index (κ3) is 4.31. The Labute approximate surface area is 180 Å². The molecule has 1 atom stereocenters. The predicted octanol–water partition coefficient (Wildman–Crippen LogP) is 2.95. The molecule has 2 heterocycles. The van der Waals surface area contributed by atoms with E-state index in [0.29, 0.717) is 44.1 Å². The molecule has 160 valence electrons. The monoisotopic (exact) mass is 452 g/mol. The molecule has 0 N–H and O–H groups in total. The van der Waals surface area contributed by atoms with Crippen molar-refractivity contribution < 1.29 is 22.3 Å². The zero-order valence-corrected chi connectivity index (χ0v) is 17.8. The molecule has 9 heteroatoms. The van der Waals surface area contributed by atoms with Gasteiger partial charge in [-0.25, -0.2) is 12.8 Å². The lowest BCUT2D eigenvalue weighted by Gasteiger charge is -2.30. The maximum Gasteiger partial charge on any atom is 0.243 e. The standard InChI is InChI=1S/C21H22ClFN2O4S/c22-17-2-7-20-15(13-17)12-16(14-29-20)21(26)24-8-1-9-25(11-10-24)30(27,28)19-5-3-18(23)4-6-19/h2-7,13,16H,1,8-12,14H2. The number of fused-ring (bicyclic) bond motifs is 1. The van der Waals surface area contributed by atoms with Gasteiger partial charge < -0.3 is 9.64 Å². The summed E-state index contributed by atoms with van der Waals surface area (Å²) in [6, 6.07) is 10.2. The largest absolute Gasteiger partial charge is 0.492 e. The van der Waals surface area contributed by atoms with Crippen molar-refractivity contribution in [2.24, 2.45) is 5.92 Å². The summed E-state index contributed by atoms with van der Waals surface area (Å²) in [6.07, 6.45) is 1.07. The summed E-state index contributed by atoms with van der Waals surface area (Å²) in [5.41, 5.74) is 0.905. The van der Waals surface area contributed by atoms with Crippen LogP contribution in [0.2, 0.25) is 5.02 Å². The molecule has 30 heavy (non-hydrogen) atoms. The molecular weight excluding hydrogens is 431 g/mol. The zero-order valence-electron chi connectivity index (χ0n) is 16.3. The Morgan fingerprint density at radius 1 is 1.07 bits per heavy atom. The first-order valence-corrected chi connectivity index (χ1v) is 11.6. The van der Waals surface area contributed by atoms with Gasteiger partial charge in [-0.2, -0.15) is 4.31 Å². The number of benzene rings is 2. The molecule has 6 nitrogen and oxygen atoms in total. The number of sulfonamides is 1. The predicted molar refractivity (Wildman–Crippen MR) is 110 cm³/mol. The normalized spacial score (nSPS) is 20.2. The van der Waals surface area contributed by atoms with Gasteiger partial charge in [0.05, 0.1) is 10.8 Å². The highest BCUT2D eigenvalue weighted by Crippen LogP contribution is 2.30. The van der Waals surface area contributed by atoms with E-state index in [4.69, 9.17) is 16.3 Å². The van der Waals surface area contributed by atoms with Crippen LogP contribution in [0.3, 0.4) is 0 Å². The van der Waals surface area contributed by atoms with Crippen LogP contribution >= 0.6 is 11.6 Å². The first-order chi connectivity index (χ1) is 14.3. The van der Waals surface area contributed by atoms with Gasteiger partial charge in [0.1, 0.15) is 18.2 Å². The van der Waals surface area contributed by atoms with Gasteiger partial charge in [0.2, 0.25) is 15.9 Å². The van der Waals surface area contributed by atoms with Crippen LogP contribution in [0.5, 0.6) is 5.75 Å². The van der Waals surface area contributed by atoms with E-state index in [1.807, 2.05) is 12.1 Å². The van der Waals surface area contributed by atoms with Crippen LogP contribution in [-0.2, 0) is 21.2 Å². The smallest absolute Gasteiger partial charge is 0.243 e. The number of amides is 1. The van der Waals surface area contributed by atoms with Crippen LogP contribution in [0, 0.1) is 11.7 Å². The second-order valence-electron chi connectivity index (χ2n) is 7.50. The highest BCUT2D eigenvalue weighted by molar-refractivity contribution is 7.89. The van der Waals surface area contributed by atoms with Gasteiger partial charge in [-0.15, -0.1) is 0 Å². The summed E-state index contributed by atoms with van der Waals surface area (Å²) < 4.78 is 46.0. The van der Waals surface area contributed by atoms with E-state index in [1.54, 1.807) is 11.0 Å². The van der Waals surface area contributed by atoms with Crippen LogP contribution in [0.25, 0.3) is 0 Å². The molecule has 0 spiro atoms. The van der Waals surface area contributed by atoms with Gasteiger partial charge in [0.15, 0.2) is 0 Å². The van der Waals surface area contributed by atoms with E-state index >= 15 is 0 Å². The fourth-order valence-electron chi connectivity index (χ4n) is 3.89. The van der Waals surface area contributed by atoms with Crippen molar-refractivity contribution in [3.8, 4) is 5.75 Å². The number of hydrogen-bond donors (Lipinski definition) is 0. The number of rotatable bonds is 3. The topological polar surface area (TPSA) is 66.9 Å². The highest BCUT2D eigenvalue weighted by atomic mass is 35.5. The van der Waals surface area contributed by atoms with Crippen molar-refractivity contribution in [1.82, 2.24) is 9.21 Å². The molecule has 0 aromatic heterocycles. The maximum absolute atomic E-state index is 13.1. The van der Waals surface area contributed by atoms with Gasteiger partial charge in [-0.3, -0.25) is 4.79 Å². The molecule has 0 bridgehead atoms. The Bertz CT molecular complexity index is 1050. The molecular formula is C21H22ClFN2O4S. The number of halogens is 2. The first-order valence-electron chi connectivity index (χ1n) is 9.80. The molecule has 1 fully saturated rings. The van der Waals surface area contributed by atoms with Gasteiger partial charge in [-0.1, -0.05) is 11.6 Å². The lowest BCUT2D eigenvalue weighted by Crippen LogP contribution is -2.43. The van der Waals surface area contributed by atoms with E-state index in [-0.39, 0.29) is 23.3 Å². The quantitative estimate of drug-likeness (QED) is 0.718. The van der Waals surface area contributed by atoms with Crippen LogP contribution in [0.15, 0.2) is 47.4 Å². The third-order valence-corrected chi connectivity index (χ3v) is 7.64. The Morgan fingerprint density at radius 2 is 1.83 bits per heavy atom. The number of ether oxygens (including phenoxy) is 1. The minimum absolute atomic E-state index is 0.0401. The second-order valence-corrected chi connectivity index (χ2v) is 9.88. The van der Waals surface area contributed by atoms with Gasteiger partial charge in [0, 0.05) is 31.2 Å². The van der Waals surface area contributed by atoms with Crippen LogP contribution in [0.1, 0.15) is 12.0 Å². The fraction of sp³-hybridized carbons (Fsp3) is 0.381. The van der Waals surface area contributed by atoms with E-state index in [1.165, 1.54) is 16.4 Å². The van der Waals surface area contributed by atoms with Crippen molar-refractivity contribution in [3.63, 3.8) is 0 Å². The molecule has 4 rings (SSSR count). The lowest BCUT2D eigenvalue weighted by molar-refractivity contribution is -0.136. The van der Waals surface area contributed by atoms with Crippen molar-refractivity contribution >= 4 is 27.5 Å². The van der Waals surface area contributed by atoms with Crippen molar-refractivity contribution in [2.45, 2.75) is 17.7 Å². The van der Waals surface area contributed by atoms with Gasteiger partial charge in [0.25, 0.3) is 0 Å². The van der Waals surface area contributed by atoms with E-state index in [9.17, 15) is 17.6 Å². The second kappa shape index (κ2) is 8.53. The molecule has 0 saturated carbocycles. The Balaban J connectivity index is 1.43. The molecule has 0 aliphatic carbocycles. The van der Waals surface area contributed by atoms with Gasteiger partial charge in [-0.05, 0) is 60.9 Å². The minimum Gasteiger partial charge on any atom is -0.492 e. The molecule has 0 radical (unpaired) electrons. The average molecular weight is 453 g/mol. The molecule has 1 unspecified atom stereocenters. The summed E-state index contributed by atoms with van der Waals surface area (Å²) >= 11 is 6.06. The van der Waals surface area contributed by atoms with Gasteiger partial charge >= 0.3 is 0 Å². The molecule has 1 amide bonds. The summed E-state index contributed by atoms with van der Waals surface area (Å²) in [4.78, 5) is 14.8. The number of hydrogen-bond acceptors (Lipinski definition) is 4. The third-order valence-electron chi connectivity index (χ3n) is 5.50. The number of carbonyl (C=O) groups excluding carboxylic acids is 1. The van der Waals surface area contributed by atoms with Crippen molar-refractivity contribution in [3.05, 3.63) is 58.9 Å². The molecule has 1 saturated heterocycles. The van der Waals surface area contributed by atoms with Crippen LogP contribution in [-0.4, -0.2) is 56.3 Å². The SMILES string of the molecule is O=C(C1COc2ccc(Cl)cc2C1)N1CCCN(S(=O)(=O)c2ccc(F)cc2)CC1. The Hall–Kier alpha value is -2.16. The van der Waals surface area contributed by atoms with E-state index < -0.39 is 15.8 Å². The van der Waals surface area contributed by atoms with Crippen LogP contribution in [0.4, 0.5) is 4.39 Å².